The second-order valence-corrected chi connectivity index (χ2v) is 8.93. The van der Waals surface area contributed by atoms with E-state index >= 15 is 0 Å². The topological polar surface area (TPSA) is 122 Å². The first-order valence-corrected chi connectivity index (χ1v) is 11.5. The molecule has 0 aliphatic rings. The van der Waals surface area contributed by atoms with Crippen LogP contribution < -0.4 is 15.0 Å². The Balaban J connectivity index is 2.55. The molecule has 0 aromatic heterocycles. The number of hydrogen-bond donors (Lipinski definition) is 1. The first-order chi connectivity index (χ1) is 15.1. The molecule has 0 aliphatic heterocycles. The Morgan fingerprint density at radius 1 is 1.09 bits per heavy atom. The van der Waals surface area contributed by atoms with Crippen molar-refractivity contribution in [3.8, 4) is 5.75 Å². The highest BCUT2D eigenvalue weighted by Crippen LogP contribution is 2.31. The third-order valence-electron chi connectivity index (χ3n) is 4.76. The molecule has 2 rings (SSSR count). The average molecular weight is 465 g/mol. The highest BCUT2D eigenvalue weighted by atomic mass is 32.2. The lowest BCUT2D eigenvalue weighted by Crippen LogP contribution is -2.30. The molecular weight excluding hydrogens is 436 g/mol. The van der Waals surface area contributed by atoms with E-state index in [-0.39, 0.29) is 27.6 Å². The van der Waals surface area contributed by atoms with Crippen molar-refractivity contribution in [2.75, 3.05) is 44.0 Å². The van der Waals surface area contributed by atoms with Crippen molar-refractivity contribution in [3.63, 3.8) is 0 Å². The second kappa shape index (κ2) is 10.4. The summed E-state index contributed by atoms with van der Waals surface area (Å²) in [5.41, 5.74) is 0.464. The van der Waals surface area contributed by atoms with Gasteiger partial charge in [-0.3, -0.25) is 14.9 Å². The highest BCUT2D eigenvalue weighted by Gasteiger charge is 2.24. The molecule has 0 fully saturated rings. The third kappa shape index (κ3) is 5.35. The fourth-order valence-corrected chi connectivity index (χ4v) is 4.65. The molecule has 0 heterocycles. The lowest BCUT2D eigenvalue weighted by atomic mass is 10.1. The summed E-state index contributed by atoms with van der Waals surface area (Å²) in [6.45, 7) is 6.13. The Morgan fingerprint density at radius 2 is 1.75 bits per heavy atom. The summed E-state index contributed by atoms with van der Waals surface area (Å²) in [7, 11) is -0.348. The summed E-state index contributed by atoms with van der Waals surface area (Å²) in [6, 6.07) is 8.22. The van der Waals surface area contributed by atoms with E-state index in [2.05, 4.69) is 5.32 Å². The lowest BCUT2D eigenvalue weighted by Gasteiger charge is -2.20. The molecule has 1 N–H and O–H groups in total. The van der Waals surface area contributed by atoms with Crippen LogP contribution in [0.4, 0.5) is 17.1 Å². The van der Waals surface area contributed by atoms with Gasteiger partial charge in [0.25, 0.3) is 11.6 Å². The summed E-state index contributed by atoms with van der Waals surface area (Å²) in [4.78, 5) is 25.4. The van der Waals surface area contributed by atoms with Crippen molar-refractivity contribution in [3.05, 3.63) is 52.1 Å². The lowest BCUT2D eigenvalue weighted by molar-refractivity contribution is -0.384. The Morgan fingerprint density at radius 3 is 2.28 bits per heavy atom. The first kappa shape index (κ1) is 25.1. The molecule has 0 radical (unpaired) electrons. The van der Waals surface area contributed by atoms with E-state index in [4.69, 9.17) is 4.74 Å². The van der Waals surface area contributed by atoms with Crippen molar-refractivity contribution in [2.24, 2.45) is 0 Å². The number of nitrogens with zero attached hydrogens (tertiary/aromatic N) is 3. The molecule has 174 valence electrons. The van der Waals surface area contributed by atoms with Crippen LogP contribution in [0.25, 0.3) is 0 Å². The number of rotatable bonds is 10. The predicted octanol–water partition coefficient (Wildman–Crippen LogP) is 3.34. The summed E-state index contributed by atoms with van der Waals surface area (Å²) in [6.07, 6.45) is 0. The van der Waals surface area contributed by atoms with Crippen LogP contribution in [-0.2, 0) is 10.0 Å². The van der Waals surface area contributed by atoms with E-state index in [1.54, 1.807) is 39.8 Å². The minimum absolute atomic E-state index is 0.00632. The number of anilines is 2. The predicted molar refractivity (Wildman–Crippen MR) is 123 cm³/mol. The number of sulfonamides is 1. The van der Waals surface area contributed by atoms with Crippen LogP contribution in [-0.4, -0.2) is 57.3 Å². The van der Waals surface area contributed by atoms with Gasteiger partial charge < -0.3 is 15.0 Å². The van der Waals surface area contributed by atoms with Crippen molar-refractivity contribution < 1.29 is 22.9 Å². The van der Waals surface area contributed by atoms with Gasteiger partial charge in [-0.05, 0) is 31.2 Å². The molecule has 2 aromatic carbocycles. The van der Waals surface area contributed by atoms with Crippen LogP contribution in [0.2, 0.25) is 0 Å². The minimum Gasteiger partial charge on any atom is -0.492 e. The zero-order chi connectivity index (χ0) is 24.1. The van der Waals surface area contributed by atoms with Gasteiger partial charge >= 0.3 is 0 Å². The van der Waals surface area contributed by atoms with Crippen LogP contribution in [0.3, 0.4) is 0 Å². The van der Waals surface area contributed by atoms with Gasteiger partial charge in [0.2, 0.25) is 10.0 Å². The number of amides is 1. The summed E-state index contributed by atoms with van der Waals surface area (Å²) in [5, 5.41) is 13.9. The number of nitro benzene ring substituents is 1. The SMILES string of the molecule is CCOc1ccc(S(=O)(=O)N(CC)CC)cc1NC(=O)c1cc([N+](=O)[O-])ccc1N(C)C. The van der Waals surface area contributed by atoms with Crippen LogP contribution >= 0.6 is 0 Å². The number of non-ortho nitro benzene ring substituents is 1. The van der Waals surface area contributed by atoms with Crippen LogP contribution in [0, 0.1) is 10.1 Å². The standard InChI is InChI=1S/C21H28N4O6S/c1-6-24(7-2)32(29,30)16-10-12-20(31-8-3)18(14-16)22-21(26)17-13-15(25(27)28)9-11-19(17)23(4)5/h9-14H,6-8H2,1-5H3,(H,22,26). The number of carbonyl (C=O) groups is 1. The maximum absolute atomic E-state index is 13.1. The number of benzene rings is 2. The monoisotopic (exact) mass is 464 g/mol. The maximum Gasteiger partial charge on any atom is 0.270 e. The van der Waals surface area contributed by atoms with Crippen LogP contribution in [0.5, 0.6) is 5.75 Å². The van der Waals surface area contributed by atoms with Crippen LogP contribution in [0.15, 0.2) is 41.3 Å². The molecule has 0 aliphatic carbocycles. The fourth-order valence-electron chi connectivity index (χ4n) is 3.16. The molecule has 0 unspecified atom stereocenters. The van der Waals surface area contributed by atoms with Crippen LogP contribution in [0.1, 0.15) is 31.1 Å². The largest absolute Gasteiger partial charge is 0.492 e. The average Bonchev–Trinajstić information content (AvgIpc) is 2.75. The van der Waals surface area contributed by atoms with Gasteiger partial charge in [-0.25, -0.2) is 8.42 Å². The molecule has 32 heavy (non-hydrogen) atoms. The van der Waals surface area contributed by atoms with E-state index in [9.17, 15) is 23.3 Å². The van der Waals surface area contributed by atoms with Gasteiger partial charge in [0.1, 0.15) is 5.75 Å². The molecule has 2 aromatic rings. The van der Waals surface area contributed by atoms with E-state index in [0.29, 0.717) is 25.4 Å². The van der Waals surface area contributed by atoms with E-state index in [1.807, 2.05) is 0 Å². The van der Waals surface area contributed by atoms with Gasteiger partial charge in [-0.1, -0.05) is 13.8 Å². The quantitative estimate of drug-likeness (QED) is 0.423. The normalized spacial score (nSPS) is 11.3. The second-order valence-electron chi connectivity index (χ2n) is 6.99. The zero-order valence-electron chi connectivity index (χ0n) is 18.8. The van der Waals surface area contributed by atoms with Crippen molar-refractivity contribution in [1.29, 1.82) is 0 Å². The van der Waals surface area contributed by atoms with Gasteiger partial charge in [0.05, 0.1) is 27.7 Å². The zero-order valence-corrected chi connectivity index (χ0v) is 19.6. The maximum atomic E-state index is 13.1. The summed E-state index contributed by atoms with van der Waals surface area (Å²) >= 11 is 0. The van der Waals surface area contributed by atoms with Gasteiger partial charge in [0, 0.05) is 45.0 Å². The Labute approximate surface area is 188 Å². The number of ether oxygens (including phenoxy) is 1. The van der Waals surface area contributed by atoms with E-state index in [0.717, 1.165) is 0 Å². The molecule has 10 nitrogen and oxygen atoms in total. The molecule has 0 saturated heterocycles. The molecule has 1 amide bonds. The van der Waals surface area contributed by atoms with Crippen molar-refractivity contribution in [2.45, 2.75) is 25.7 Å². The minimum atomic E-state index is -3.77. The van der Waals surface area contributed by atoms with Crippen molar-refractivity contribution >= 4 is 33.0 Å². The smallest absolute Gasteiger partial charge is 0.270 e. The van der Waals surface area contributed by atoms with Gasteiger partial charge in [-0.2, -0.15) is 4.31 Å². The molecule has 0 bridgehead atoms. The fraction of sp³-hybridized carbons (Fsp3) is 0.381. The number of carbonyl (C=O) groups excluding carboxylic acids is 1. The first-order valence-electron chi connectivity index (χ1n) is 10.1. The Hall–Kier alpha value is -3.18. The Bertz CT molecular complexity index is 1100. The summed E-state index contributed by atoms with van der Waals surface area (Å²) < 4.78 is 32.7. The highest BCUT2D eigenvalue weighted by molar-refractivity contribution is 7.89. The molecular formula is C21H28N4O6S. The number of hydrogen-bond acceptors (Lipinski definition) is 7. The Kier molecular flexibility index (Phi) is 8.17. The number of nitro groups is 1. The van der Waals surface area contributed by atoms with E-state index in [1.165, 1.54) is 40.7 Å². The molecule has 11 heteroatoms. The van der Waals surface area contributed by atoms with Crippen molar-refractivity contribution in [1.82, 2.24) is 4.31 Å². The number of nitrogens with one attached hydrogen (secondary N) is 1. The molecule has 0 atom stereocenters. The summed E-state index contributed by atoms with van der Waals surface area (Å²) in [5.74, 6) is -0.341. The molecule has 0 spiro atoms. The molecule has 0 saturated carbocycles. The third-order valence-corrected chi connectivity index (χ3v) is 6.81. The van der Waals surface area contributed by atoms with E-state index < -0.39 is 20.9 Å². The van der Waals surface area contributed by atoms with Gasteiger partial charge in [-0.15, -0.1) is 0 Å². The van der Waals surface area contributed by atoms with Gasteiger partial charge in [0.15, 0.2) is 0 Å².